The summed E-state index contributed by atoms with van der Waals surface area (Å²) in [7, 11) is 0. The summed E-state index contributed by atoms with van der Waals surface area (Å²) < 4.78 is 14.6. The quantitative estimate of drug-likeness (QED) is 0.532. The fourth-order valence-electron chi connectivity index (χ4n) is 4.37. The van der Waals surface area contributed by atoms with E-state index in [0.717, 1.165) is 5.56 Å². The molecule has 0 spiro atoms. The zero-order valence-electron chi connectivity index (χ0n) is 18.0. The highest BCUT2D eigenvalue weighted by Crippen LogP contribution is 2.27. The summed E-state index contributed by atoms with van der Waals surface area (Å²) in [4.78, 5) is 39.2. The molecule has 1 saturated heterocycles. The van der Waals surface area contributed by atoms with Crippen LogP contribution in [-0.2, 0) is 11.2 Å². The number of hydrogen-bond acceptors (Lipinski definition) is 4. The Labute approximate surface area is 190 Å². The van der Waals surface area contributed by atoms with Crippen LogP contribution in [0.1, 0.15) is 24.8 Å². The van der Waals surface area contributed by atoms with E-state index >= 15 is 0 Å². The van der Waals surface area contributed by atoms with Gasteiger partial charge in [0.05, 0.1) is 17.2 Å². The van der Waals surface area contributed by atoms with Crippen molar-refractivity contribution in [3.05, 3.63) is 66.1 Å². The standard InChI is InChI=1S/C24H26FN5O3/c25-16-7-3-5-15(11-16)6-4-10-22(31)21-12-17(26)13-30(21)24(33)28-19-14-29(23(27)32)20-9-2-1-8-18(19)20/h1-3,5,7-9,11,14,17,21H,4,6,10,12-13,26H2,(H2,27,32)(H,28,33)/t17-,21-/m0/s1. The maximum atomic E-state index is 13.3. The minimum Gasteiger partial charge on any atom is -0.351 e. The molecule has 2 heterocycles. The Morgan fingerprint density at radius 3 is 2.67 bits per heavy atom. The largest absolute Gasteiger partial charge is 0.351 e. The number of carbonyl (C=O) groups is 3. The predicted molar refractivity (Wildman–Crippen MR) is 123 cm³/mol. The molecule has 0 saturated carbocycles. The van der Waals surface area contributed by atoms with Crippen molar-refractivity contribution in [2.75, 3.05) is 11.9 Å². The first-order valence-corrected chi connectivity index (χ1v) is 10.8. The minimum atomic E-state index is -0.666. The van der Waals surface area contributed by atoms with Crippen LogP contribution >= 0.6 is 0 Å². The number of amides is 3. The number of para-hydroxylation sites is 1. The second kappa shape index (κ2) is 9.41. The number of Topliss-reactive ketones (excluding diaryl/α,β-unsaturated/α-hetero) is 1. The number of hydrogen-bond donors (Lipinski definition) is 3. The third-order valence-electron chi connectivity index (χ3n) is 5.93. The van der Waals surface area contributed by atoms with E-state index in [1.807, 2.05) is 6.07 Å². The molecule has 0 unspecified atom stereocenters. The Morgan fingerprint density at radius 2 is 1.91 bits per heavy atom. The number of likely N-dealkylation sites (tertiary alicyclic amines) is 1. The minimum absolute atomic E-state index is 0.0749. The van der Waals surface area contributed by atoms with Crippen molar-refractivity contribution in [3.63, 3.8) is 0 Å². The lowest BCUT2D eigenvalue weighted by Crippen LogP contribution is -2.43. The van der Waals surface area contributed by atoms with Crippen molar-refractivity contribution >= 4 is 34.4 Å². The Bertz CT molecular complexity index is 1210. The Balaban J connectivity index is 1.44. The number of halogens is 1. The zero-order valence-corrected chi connectivity index (χ0v) is 18.0. The molecular weight excluding hydrogens is 425 g/mol. The maximum Gasteiger partial charge on any atom is 0.323 e. The number of urea groups is 1. The van der Waals surface area contributed by atoms with Crippen LogP contribution in [0.2, 0.25) is 0 Å². The first kappa shape index (κ1) is 22.5. The van der Waals surface area contributed by atoms with Gasteiger partial charge >= 0.3 is 12.1 Å². The van der Waals surface area contributed by atoms with Crippen LogP contribution in [-0.4, -0.2) is 45.9 Å². The van der Waals surface area contributed by atoms with Crippen molar-refractivity contribution in [2.45, 2.75) is 37.8 Å². The van der Waals surface area contributed by atoms with Crippen LogP contribution in [0.5, 0.6) is 0 Å². The second-order valence-electron chi connectivity index (χ2n) is 8.31. The lowest BCUT2D eigenvalue weighted by atomic mass is 10.0. The number of primary amides is 1. The van der Waals surface area contributed by atoms with E-state index in [1.54, 1.807) is 30.3 Å². The molecule has 0 radical (unpaired) electrons. The third kappa shape index (κ3) is 4.88. The van der Waals surface area contributed by atoms with Crippen LogP contribution in [0.15, 0.2) is 54.7 Å². The molecule has 33 heavy (non-hydrogen) atoms. The summed E-state index contributed by atoms with van der Waals surface area (Å²) in [6, 6.07) is 11.3. The fraction of sp³-hybridized carbons (Fsp3) is 0.292. The Hall–Kier alpha value is -3.72. The Kier molecular flexibility index (Phi) is 6.41. The number of anilines is 1. The van der Waals surface area contributed by atoms with Crippen LogP contribution in [0.4, 0.5) is 19.7 Å². The number of nitrogens with zero attached hydrogens (tertiary/aromatic N) is 2. The van der Waals surface area contributed by atoms with E-state index in [0.29, 0.717) is 35.9 Å². The van der Waals surface area contributed by atoms with Crippen LogP contribution in [0.25, 0.3) is 10.9 Å². The first-order valence-electron chi connectivity index (χ1n) is 10.8. The average molecular weight is 452 g/mol. The number of benzene rings is 2. The summed E-state index contributed by atoms with van der Waals surface area (Å²) in [6.07, 6.45) is 3.24. The molecule has 0 bridgehead atoms. The Morgan fingerprint density at radius 1 is 1.12 bits per heavy atom. The lowest BCUT2D eigenvalue weighted by molar-refractivity contribution is -0.122. The second-order valence-corrected chi connectivity index (χ2v) is 8.31. The highest BCUT2D eigenvalue weighted by molar-refractivity contribution is 6.05. The van der Waals surface area contributed by atoms with Crippen LogP contribution in [0.3, 0.4) is 0 Å². The molecule has 1 fully saturated rings. The summed E-state index contributed by atoms with van der Waals surface area (Å²) in [5.41, 5.74) is 13.3. The average Bonchev–Trinajstić information content (AvgIpc) is 3.35. The van der Waals surface area contributed by atoms with Crippen molar-refractivity contribution in [3.8, 4) is 0 Å². The number of aromatic nitrogens is 1. The van der Waals surface area contributed by atoms with E-state index in [1.165, 1.54) is 27.8 Å². The van der Waals surface area contributed by atoms with Crippen molar-refractivity contribution in [1.82, 2.24) is 9.47 Å². The number of nitrogens with two attached hydrogens (primary N) is 2. The fourth-order valence-corrected chi connectivity index (χ4v) is 4.37. The van der Waals surface area contributed by atoms with Gasteiger partial charge in [0.15, 0.2) is 5.78 Å². The zero-order chi connectivity index (χ0) is 23.5. The molecule has 0 aliphatic carbocycles. The normalized spacial score (nSPS) is 17.9. The molecular formula is C24H26FN5O3. The van der Waals surface area contributed by atoms with Crippen molar-refractivity contribution < 1.29 is 18.8 Å². The molecule has 9 heteroatoms. The predicted octanol–water partition coefficient (Wildman–Crippen LogP) is 3.23. The molecule has 1 aromatic heterocycles. The molecule has 2 aromatic carbocycles. The van der Waals surface area contributed by atoms with E-state index in [-0.39, 0.29) is 30.6 Å². The van der Waals surface area contributed by atoms with Crippen LogP contribution < -0.4 is 16.8 Å². The highest BCUT2D eigenvalue weighted by Gasteiger charge is 2.37. The SMILES string of the molecule is NC(=O)n1cc(NC(=O)N2C[C@@H](N)C[C@H]2C(=O)CCCc2cccc(F)c2)c2ccccc21. The van der Waals surface area contributed by atoms with Crippen molar-refractivity contribution in [2.24, 2.45) is 11.5 Å². The summed E-state index contributed by atoms with van der Waals surface area (Å²) in [5, 5.41) is 3.46. The number of aryl methyl sites for hydroxylation is 1. The van der Waals surface area contributed by atoms with Gasteiger partial charge in [-0.05, 0) is 43.0 Å². The number of fused-ring (bicyclic) bond motifs is 1. The molecule has 5 N–H and O–H groups in total. The van der Waals surface area contributed by atoms with E-state index < -0.39 is 18.1 Å². The molecule has 4 rings (SSSR count). The molecule has 3 aromatic rings. The van der Waals surface area contributed by atoms with Crippen LogP contribution in [0, 0.1) is 5.82 Å². The van der Waals surface area contributed by atoms with Gasteiger partial charge in [0, 0.05) is 30.6 Å². The number of nitrogens with one attached hydrogen (secondary N) is 1. The molecule has 1 aliphatic rings. The van der Waals surface area contributed by atoms with Gasteiger partial charge in [-0.15, -0.1) is 0 Å². The van der Waals surface area contributed by atoms with E-state index in [4.69, 9.17) is 11.5 Å². The van der Waals surface area contributed by atoms with E-state index in [9.17, 15) is 18.8 Å². The maximum absolute atomic E-state index is 13.3. The van der Waals surface area contributed by atoms with Gasteiger partial charge in [-0.3, -0.25) is 9.36 Å². The van der Waals surface area contributed by atoms with Gasteiger partial charge in [-0.25, -0.2) is 14.0 Å². The van der Waals surface area contributed by atoms with Gasteiger partial charge in [0.1, 0.15) is 5.82 Å². The molecule has 2 atom stereocenters. The summed E-state index contributed by atoms with van der Waals surface area (Å²) >= 11 is 0. The van der Waals surface area contributed by atoms with Gasteiger partial charge < -0.3 is 21.7 Å². The van der Waals surface area contributed by atoms with Gasteiger partial charge in [0.25, 0.3) is 0 Å². The molecule has 1 aliphatic heterocycles. The van der Waals surface area contributed by atoms with Gasteiger partial charge in [-0.2, -0.15) is 0 Å². The van der Waals surface area contributed by atoms with Crippen molar-refractivity contribution in [1.29, 1.82) is 0 Å². The monoisotopic (exact) mass is 451 g/mol. The van der Waals surface area contributed by atoms with Gasteiger partial charge in [0.2, 0.25) is 0 Å². The van der Waals surface area contributed by atoms with E-state index in [2.05, 4.69) is 5.32 Å². The smallest absolute Gasteiger partial charge is 0.323 e. The molecule has 8 nitrogen and oxygen atoms in total. The molecule has 3 amide bonds. The summed E-state index contributed by atoms with van der Waals surface area (Å²) in [6.45, 7) is 0.251. The third-order valence-corrected chi connectivity index (χ3v) is 5.93. The molecule has 172 valence electrons. The lowest BCUT2D eigenvalue weighted by Gasteiger charge is -2.23. The number of rotatable bonds is 6. The number of ketones is 1. The summed E-state index contributed by atoms with van der Waals surface area (Å²) in [5.74, 6) is -0.379. The number of carbonyl (C=O) groups excluding carboxylic acids is 3. The topological polar surface area (TPSA) is 123 Å². The van der Waals surface area contributed by atoms with Gasteiger partial charge in [-0.1, -0.05) is 30.3 Å². The highest BCUT2D eigenvalue weighted by atomic mass is 19.1. The first-order chi connectivity index (χ1) is 15.8.